The number of hydrogen-bond acceptors (Lipinski definition) is 4. The molecular weight excluding hydrogens is 268 g/mol. The molecule has 0 aliphatic carbocycles. The third-order valence-electron chi connectivity index (χ3n) is 3.09. The fraction of sp³-hybridized carbons (Fsp3) is 0.188. The number of carbonyl (C=O) groups excluding carboxylic acids is 1. The largest absolute Gasteiger partial charge is 0.496 e. The van der Waals surface area contributed by atoms with Crippen molar-refractivity contribution in [2.45, 2.75) is 13.2 Å². The molecule has 21 heavy (non-hydrogen) atoms. The van der Waals surface area contributed by atoms with E-state index >= 15 is 0 Å². The standard InChI is InChI=1S/C16H18N2O3/c1-20-15-8-14(17)13(16(18)19)7-12(15)10-21-9-11-5-3-2-4-6-11/h2-8H,9-10,17H2,1H3,(H2,18,19). The van der Waals surface area contributed by atoms with E-state index in [0.29, 0.717) is 24.7 Å². The molecule has 0 spiro atoms. The van der Waals surface area contributed by atoms with E-state index in [4.69, 9.17) is 20.9 Å². The van der Waals surface area contributed by atoms with E-state index in [0.717, 1.165) is 11.1 Å². The minimum atomic E-state index is -0.570. The Morgan fingerprint density at radius 2 is 1.86 bits per heavy atom. The van der Waals surface area contributed by atoms with Crippen molar-refractivity contribution < 1.29 is 14.3 Å². The Hall–Kier alpha value is -2.53. The number of hydrogen-bond donors (Lipinski definition) is 2. The smallest absolute Gasteiger partial charge is 0.250 e. The number of methoxy groups -OCH3 is 1. The van der Waals surface area contributed by atoms with Gasteiger partial charge in [0.1, 0.15) is 5.75 Å². The summed E-state index contributed by atoms with van der Waals surface area (Å²) in [6.07, 6.45) is 0. The first-order valence-corrected chi connectivity index (χ1v) is 6.49. The van der Waals surface area contributed by atoms with Crippen LogP contribution in [-0.4, -0.2) is 13.0 Å². The molecule has 0 bridgehead atoms. The zero-order valence-corrected chi connectivity index (χ0v) is 11.8. The van der Waals surface area contributed by atoms with Gasteiger partial charge in [-0.15, -0.1) is 0 Å². The summed E-state index contributed by atoms with van der Waals surface area (Å²) in [5, 5.41) is 0. The number of amides is 1. The molecule has 0 atom stereocenters. The number of carbonyl (C=O) groups is 1. The molecule has 0 fully saturated rings. The first-order valence-electron chi connectivity index (χ1n) is 6.49. The predicted octanol–water partition coefficient (Wildman–Crippen LogP) is 2.09. The number of benzene rings is 2. The van der Waals surface area contributed by atoms with Gasteiger partial charge in [-0.05, 0) is 11.6 Å². The van der Waals surface area contributed by atoms with Crippen LogP contribution in [0.4, 0.5) is 5.69 Å². The fourth-order valence-corrected chi connectivity index (χ4v) is 2.01. The van der Waals surface area contributed by atoms with Crippen molar-refractivity contribution in [3.8, 4) is 5.75 Å². The topological polar surface area (TPSA) is 87.6 Å². The number of primary amides is 1. The lowest BCUT2D eigenvalue weighted by molar-refractivity contribution is 0.0997. The van der Waals surface area contributed by atoms with Gasteiger partial charge in [-0.1, -0.05) is 30.3 Å². The molecule has 5 nitrogen and oxygen atoms in total. The molecule has 0 aromatic heterocycles. The molecule has 0 aliphatic rings. The van der Waals surface area contributed by atoms with Gasteiger partial charge in [0.2, 0.25) is 0 Å². The second-order valence-corrected chi connectivity index (χ2v) is 4.59. The predicted molar refractivity (Wildman–Crippen MR) is 80.9 cm³/mol. The Balaban J connectivity index is 2.11. The van der Waals surface area contributed by atoms with Crippen molar-refractivity contribution in [2.75, 3.05) is 12.8 Å². The van der Waals surface area contributed by atoms with Crippen LogP contribution in [0, 0.1) is 0 Å². The van der Waals surface area contributed by atoms with Gasteiger partial charge in [-0.2, -0.15) is 0 Å². The number of nitrogens with two attached hydrogens (primary N) is 2. The van der Waals surface area contributed by atoms with Gasteiger partial charge in [-0.25, -0.2) is 0 Å². The normalized spacial score (nSPS) is 10.3. The van der Waals surface area contributed by atoms with E-state index in [2.05, 4.69) is 0 Å². The molecular formula is C16H18N2O3. The van der Waals surface area contributed by atoms with Crippen LogP contribution in [0.25, 0.3) is 0 Å². The maximum absolute atomic E-state index is 11.3. The average molecular weight is 286 g/mol. The summed E-state index contributed by atoms with van der Waals surface area (Å²) in [7, 11) is 1.54. The lowest BCUT2D eigenvalue weighted by Crippen LogP contribution is -2.14. The van der Waals surface area contributed by atoms with Crippen LogP contribution in [-0.2, 0) is 18.0 Å². The van der Waals surface area contributed by atoms with Crippen LogP contribution in [0.1, 0.15) is 21.5 Å². The van der Waals surface area contributed by atoms with Crippen molar-refractivity contribution in [1.82, 2.24) is 0 Å². The Labute approximate surface area is 123 Å². The van der Waals surface area contributed by atoms with Crippen molar-refractivity contribution in [2.24, 2.45) is 5.73 Å². The van der Waals surface area contributed by atoms with Crippen LogP contribution >= 0.6 is 0 Å². The summed E-state index contributed by atoms with van der Waals surface area (Å²) >= 11 is 0. The molecule has 110 valence electrons. The van der Waals surface area contributed by atoms with Gasteiger partial charge in [0.25, 0.3) is 5.91 Å². The third kappa shape index (κ3) is 3.73. The number of nitrogen functional groups attached to an aromatic ring is 1. The molecule has 1 amide bonds. The summed E-state index contributed by atoms with van der Waals surface area (Å²) in [6.45, 7) is 0.777. The van der Waals surface area contributed by atoms with Crippen molar-refractivity contribution >= 4 is 11.6 Å². The number of rotatable bonds is 6. The van der Waals surface area contributed by atoms with Gasteiger partial charge >= 0.3 is 0 Å². The zero-order chi connectivity index (χ0) is 15.2. The van der Waals surface area contributed by atoms with Crippen LogP contribution in [0.2, 0.25) is 0 Å². The summed E-state index contributed by atoms with van der Waals surface area (Å²) in [5.41, 5.74) is 13.4. The monoisotopic (exact) mass is 286 g/mol. The average Bonchev–Trinajstić information content (AvgIpc) is 2.49. The first kappa shape index (κ1) is 14.9. The second kappa shape index (κ2) is 6.76. The Morgan fingerprint density at radius 1 is 1.14 bits per heavy atom. The quantitative estimate of drug-likeness (QED) is 0.796. The number of anilines is 1. The lowest BCUT2D eigenvalue weighted by Gasteiger charge is -2.12. The summed E-state index contributed by atoms with van der Waals surface area (Å²) in [4.78, 5) is 11.3. The molecule has 0 unspecified atom stereocenters. The molecule has 4 N–H and O–H groups in total. The van der Waals surface area contributed by atoms with Crippen molar-refractivity contribution in [3.63, 3.8) is 0 Å². The first-order chi connectivity index (χ1) is 10.1. The highest BCUT2D eigenvalue weighted by Crippen LogP contribution is 2.26. The van der Waals surface area contributed by atoms with E-state index in [1.807, 2.05) is 30.3 Å². The molecule has 0 aliphatic heterocycles. The Bertz CT molecular complexity index is 627. The van der Waals surface area contributed by atoms with Crippen LogP contribution in [0.15, 0.2) is 42.5 Å². The highest BCUT2D eigenvalue weighted by atomic mass is 16.5. The molecule has 0 saturated carbocycles. The van der Waals surface area contributed by atoms with Gasteiger partial charge < -0.3 is 20.9 Å². The molecule has 5 heteroatoms. The Morgan fingerprint density at radius 3 is 2.48 bits per heavy atom. The highest BCUT2D eigenvalue weighted by molar-refractivity contribution is 5.98. The van der Waals surface area contributed by atoms with Gasteiger partial charge in [-0.3, -0.25) is 4.79 Å². The lowest BCUT2D eigenvalue weighted by atomic mass is 10.1. The maximum Gasteiger partial charge on any atom is 0.250 e. The van der Waals surface area contributed by atoms with Crippen LogP contribution in [0.5, 0.6) is 5.75 Å². The summed E-state index contributed by atoms with van der Waals surface area (Å²) in [5.74, 6) is 0.00465. The van der Waals surface area contributed by atoms with E-state index in [-0.39, 0.29) is 5.56 Å². The zero-order valence-electron chi connectivity index (χ0n) is 11.8. The van der Waals surface area contributed by atoms with E-state index < -0.39 is 5.91 Å². The van der Waals surface area contributed by atoms with E-state index in [1.165, 1.54) is 0 Å². The van der Waals surface area contributed by atoms with Crippen LogP contribution < -0.4 is 16.2 Å². The van der Waals surface area contributed by atoms with Gasteiger partial charge in [0.15, 0.2) is 0 Å². The summed E-state index contributed by atoms with van der Waals surface area (Å²) < 4.78 is 10.9. The minimum Gasteiger partial charge on any atom is -0.496 e. The second-order valence-electron chi connectivity index (χ2n) is 4.59. The maximum atomic E-state index is 11.3. The van der Waals surface area contributed by atoms with Crippen molar-refractivity contribution in [1.29, 1.82) is 0 Å². The van der Waals surface area contributed by atoms with Gasteiger partial charge in [0.05, 0.1) is 25.9 Å². The SMILES string of the molecule is COc1cc(N)c(C(N)=O)cc1COCc1ccccc1. The van der Waals surface area contributed by atoms with E-state index in [1.54, 1.807) is 19.2 Å². The molecule has 2 aromatic carbocycles. The third-order valence-corrected chi connectivity index (χ3v) is 3.09. The molecule has 2 rings (SSSR count). The molecule has 0 saturated heterocycles. The molecule has 0 heterocycles. The fourth-order valence-electron chi connectivity index (χ4n) is 2.01. The Kier molecular flexibility index (Phi) is 4.79. The van der Waals surface area contributed by atoms with Gasteiger partial charge in [0, 0.05) is 17.3 Å². The minimum absolute atomic E-state index is 0.272. The highest BCUT2D eigenvalue weighted by Gasteiger charge is 2.12. The molecule has 0 radical (unpaired) electrons. The number of ether oxygens (including phenoxy) is 2. The summed E-state index contributed by atoms with van der Waals surface area (Å²) in [6, 6.07) is 13.0. The van der Waals surface area contributed by atoms with Crippen LogP contribution in [0.3, 0.4) is 0 Å². The van der Waals surface area contributed by atoms with Crippen molar-refractivity contribution in [3.05, 3.63) is 59.2 Å². The van der Waals surface area contributed by atoms with E-state index in [9.17, 15) is 4.79 Å². The molecule has 2 aromatic rings.